The van der Waals surface area contributed by atoms with Gasteiger partial charge in [-0.1, -0.05) is 26.0 Å². The van der Waals surface area contributed by atoms with E-state index in [0.717, 1.165) is 12.0 Å². The zero-order valence-corrected chi connectivity index (χ0v) is 13.1. The second-order valence-electron chi connectivity index (χ2n) is 5.06. The van der Waals surface area contributed by atoms with Crippen molar-refractivity contribution in [3.63, 3.8) is 0 Å². The molecule has 0 aliphatic carbocycles. The molecule has 0 saturated heterocycles. The lowest BCUT2D eigenvalue weighted by Crippen LogP contribution is -2.47. The van der Waals surface area contributed by atoms with Crippen LogP contribution in [0.4, 0.5) is 0 Å². The summed E-state index contributed by atoms with van der Waals surface area (Å²) in [5, 5.41) is 18.2. The molecular weight excluding hydrogens is 294 g/mol. The number of sulfonamides is 1. The van der Waals surface area contributed by atoms with Crippen molar-refractivity contribution >= 4 is 16.0 Å². The van der Waals surface area contributed by atoms with Gasteiger partial charge in [-0.3, -0.25) is 4.79 Å². The number of carbonyl (C=O) groups is 1. The summed E-state index contributed by atoms with van der Waals surface area (Å²) in [5.41, 5.74) is 1.02. The molecule has 3 atom stereocenters. The Morgan fingerprint density at radius 1 is 1.24 bits per heavy atom. The van der Waals surface area contributed by atoms with Gasteiger partial charge < -0.3 is 10.2 Å². The Morgan fingerprint density at radius 3 is 2.14 bits per heavy atom. The highest BCUT2D eigenvalue weighted by atomic mass is 32.2. The van der Waals surface area contributed by atoms with Crippen molar-refractivity contribution in [1.29, 1.82) is 0 Å². The van der Waals surface area contributed by atoms with Gasteiger partial charge in [0.25, 0.3) is 0 Å². The number of carboxylic acid groups (broad SMARTS) is 1. The van der Waals surface area contributed by atoms with Crippen molar-refractivity contribution < 1.29 is 23.4 Å². The van der Waals surface area contributed by atoms with Crippen LogP contribution in [0.1, 0.15) is 38.7 Å². The third-order valence-corrected chi connectivity index (χ3v) is 4.86. The first-order valence-electron chi connectivity index (χ1n) is 6.72. The van der Waals surface area contributed by atoms with Crippen LogP contribution in [0, 0.1) is 0 Å². The van der Waals surface area contributed by atoms with E-state index in [2.05, 4.69) is 0 Å². The minimum absolute atomic E-state index is 0.0264. The first-order chi connectivity index (χ1) is 9.69. The Bertz CT molecular complexity index is 580. The SMILES string of the molecule is CCC(C)c1ccc(S(=O)(=O)N[C@H](C(=O)O)[C@@H](C)O)cc1. The van der Waals surface area contributed by atoms with Crippen LogP contribution in [0.5, 0.6) is 0 Å². The molecule has 7 heteroatoms. The molecular formula is C14H21NO5S. The third kappa shape index (κ3) is 4.52. The van der Waals surface area contributed by atoms with Crippen molar-refractivity contribution in [2.24, 2.45) is 0 Å². The molecule has 3 N–H and O–H groups in total. The van der Waals surface area contributed by atoms with Crippen molar-refractivity contribution in [3.05, 3.63) is 29.8 Å². The molecule has 0 aromatic heterocycles. The molecule has 0 radical (unpaired) electrons. The predicted molar refractivity (Wildman–Crippen MR) is 78.6 cm³/mol. The topological polar surface area (TPSA) is 104 Å². The van der Waals surface area contributed by atoms with Crippen LogP contribution in [0.3, 0.4) is 0 Å². The summed E-state index contributed by atoms with van der Waals surface area (Å²) in [7, 11) is -3.99. The monoisotopic (exact) mass is 315 g/mol. The van der Waals surface area contributed by atoms with Crippen LogP contribution in [-0.4, -0.2) is 36.7 Å². The molecule has 118 valence electrons. The number of aliphatic carboxylic acids is 1. The molecule has 0 fully saturated rings. The summed E-state index contributed by atoms with van der Waals surface area (Å²) in [4.78, 5) is 10.9. The summed E-state index contributed by atoms with van der Waals surface area (Å²) in [5.74, 6) is -1.11. The van der Waals surface area contributed by atoms with Gasteiger partial charge in [-0.05, 0) is 37.0 Å². The van der Waals surface area contributed by atoms with Gasteiger partial charge in [-0.15, -0.1) is 0 Å². The molecule has 1 aromatic carbocycles. The van der Waals surface area contributed by atoms with E-state index in [1.807, 2.05) is 18.6 Å². The van der Waals surface area contributed by atoms with Crippen LogP contribution in [-0.2, 0) is 14.8 Å². The fourth-order valence-electron chi connectivity index (χ4n) is 1.80. The lowest BCUT2D eigenvalue weighted by molar-refractivity contribution is -0.141. The minimum Gasteiger partial charge on any atom is -0.480 e. The van der Waals surface area contributed by atoms with E-state index in [9.17, 15) is 18.3 Å². The number of hydrogen-bond donors (Lipinski definition) is 3. The number of aliphatic hydroxyl groups is 1. The van der Waals surface area contributed by atoms with E-state index in [4.69, 9.17) is 5.11 Å². The van der Waals surface area contributed by atoms with Gasteiger partial charge in [0, 0.05) is 0 Å². The standard InChI is InChI=1S/C14H21NO5S/c1-4-9(2)11-5-7-12(8-6-11)21(19,20)15-13(10(3)16)14(17)18/h5-10,13,15-16H,4H2,1-3H3,(H,17,18)/t9?,10-,13+/m1/s1. The Morgan fingerprint density at radius 2 is 1.76 bits per heavy atom. The summed E-state index contributed by atoms with van der Waals surface area (Å²) in [6, 6.07) is 4.71. The van der Waals surface area contributed by atoms with Gasteiger partial charge in [0.2, 0.25) is 10.0 Å². The summed E-state index contributed by atoms with van der Waals surface area (Å²) in [6.45, 7) is 5.29. The Balaban J connectivity index is 3.00. The average molecular weight is 315 g/mol. The van der Waals surface area contributed by atoms with E-state index in [1.54, 1.807) is 12.1 Å². The third-order valence-electron chi connectivity index (χ3n) is 3.40. The summed E-state index contributed by atoms with van der Waals surface area (Å²) < 4.78 is 26.2. The molecule has 21 heavy (non-hydrogen) atoms. The quantitative estimate of drug-likeness (QED) is 0.704. The Kier molecular flexibility index (Phi) is 5.88. The van der Waals surface area contributed by atoms with Crippen LogP contribution in [0.15, 0.2) is 29.2 Å². The normalized spacial score (nSPS) is 16.2. The fourth-order valence-corrected chi connectivity index (χ4v) is 3.06. The van der Waals surface area contributed by atoms with Gasteiger partial charge in [-0.25, -0.2) is 8.42 Å². The zero-order chi connectivity index (χ0) is 16.2. The maximum absolute atomic E-state index is 12.1. The van der Waals surface area contributed by atoms with Crippen LogP contribution >= 0.6 is 0 Å². The fraction of sp³-hybridized carbons (Fsp3) is 0.500. The predicted octanol–water partition coefficient (Wildman–Crippen LogP) is 1.31. The smallest absolute Gasteiger partial charge is 0.324 e. The summed E-state index contributed by atoms with van der Waals surface area (Å²) >= 11 is 0. The van der Waals surface area contributed by atoms with Crippen LogP contribution in [0.25, 0.3) is 0 Å². The number of benzene rings is 1. The number of aliphatic hydroxyl groups excluding tert-OH is 1. The molecule has 6 nitrogen and oxygen atoms in total. The van der Waals surface area contributed by atoms with Gasteiger partial charge in [0.15, 0.2) is 0 Å². The molecule has 0 aliphatic rings. The van der Waals surface area contributed by atoms with E-state index in [1.165, 1.54) is 19.1 Å². The van der Waals surface area contributed by atoms with E-state index >= 15 is 0 Å². The van der Waals surface area contributed by atoms with Gasteiger partial charge >= 0.3 is 5.97 Å². The largest absolute Gasteiger partial charge is 0.480 e. The minimum atomic E-state index is -3.99. The second-order valence-corrected chi connectivity index (χ2v) is 6.77. The molecule has 0 aliphatic heterocycles. The maximum atomic E-state index is 12.1. The molecule has 1 rings (SSSR count). The lowest BCUT2D eigenvalue weighted by atomic mass is 9.99. The highest BCUT2D eigenvalue weighted by Crippen LogP contribution is 2.20. The average Bonchev–Trinajstić information content (AvgIpc) is 2.43. The number of nitrogens with one attached hydrogen (secondary N) is 1. The first-order valence-corrected chi connectivity index (χ1v) is 8.20. The van der Waals surface area contributed by atoms with Crippen LogP contribution < -0.4 is 4.72 Å². The zero-order valence-electron chi connectivity index (χ0n) is 12.3. The molecule has 0 bridgehead atoms. The number of rotatable bonds is 7. The molecule has 0 amide bonds. The van der Waals surface area contributed by atoms with Crippen LogP contribution in [0.2, 0.25) is 0 Å². The maximum Gasteiger partial charge on any atom is 0.324 e. The molecule has 1 unspecified atom stereocenters. The second kappa shape index (κ2) is 7.02. The van der Waals surface area contributed by atoms with E-state index in [0.29, 0.717) is 5.92 Å². The van der Waals surface area contributed by atoms with E-state index < -0.39 is 28.1 Å². The van der Waals surface area contributed by atoms with Crippen molar-refractivity contribution in [1.82, 2.24) is 4.72 Å². The Labute approximate surface area is 124 Å². The highest BCUT2D eigenvalue weighted by Gasteiger charge is 2.29. The number of hydrogen-bond acceptors (Lipinski definition) is 4. The highest BCUT2D eigenvalue weighted by molar-refractivity contribution is 7.89. The lowest BCUT2D eigenvalue weighted by Gasteiger charge is -2.17. The molecule has 0 saturated carbocycles. The van der Waals surface area contributed by atoms with Gasteiger partial charge in [-0.2, -0.15) is 4.72 Å². The summed E-state index contributed by atoms with van der Waals surface area (Å²) in [6.07, 6.45) is -0.398. The Hall–Kier alpha value is -1.44. The first kappa shape index (κ1) is 17.6. The van der Waals surface area contributed by atoms with E-state index in [-0.39, 0.29) is 4.90 Å². The van der Waals surface area contributed by atoms with Gasteiger partial charge in [0.05, 0.1) is 11.0 Å². The molecule has 0 heterocycles. The van der Waals surface area contributed by atoms with Crippen molar-refractivity contribution in [3.8, 4) is 0 Å². The van der Waals surface area contributed by atoms with Crippen molar-refractivity contribution in [2.45, 2.75) is 50.2 Å². The van der Waals surface area contributed by atoms with Crippen molar-refractivity contribution in [2.75, 3.05) is 0 Å². The van der Waals surface area contributed by atoms with Gasteiger partial charge in [0.1, 0.15) is 6.04 Å². The molecule has 1 aromatic rings. The number of carboxylic acids is 1. The molecule has 0 spiro atoms.